The first-order valence-corrected chi connectivity index (χ1v) is 10.4. The smallest absolute Gasteiger partial charge is 0.282 e. The van der Waals surface area contributed by atoms with Crippen molar-refractivity contribution in [3.63, 3.8) is 0 Å². The van der Waals surface area contributed by atoms with Crippen LogP contribution in [0.15, 0.2) is 73.7 Å². The van der Waals surface area contributed by atoms with Crippen molar-refractivity contribution in [3.05, 3.63) is 58.4 Å². The average molecular weight is 470 g/mol. The first-order valence-electron chi connectivity index (χ1n) is 8.70. The van der Waals surface area contributed by atoms with Gasteiger partial charge in [0.2, 0.25) is 5.13 Å². The standard InChI is InChI=1S/C20H16BrN5O2S/c1-12-18(24-23-15-7-9-16(28-2)10-8-15)19(27)26(25-12)20-22-17(11-29-20)13-3-5-14(21)6-4-13/h3-11,18H,1-2H3. The summed E-state index contributed by atoms with van der Waals surface area (Å²) in [4.78, 5) is 17.4. The molecule has 1 atom stereocenters. The number of thiazole rings is 1. The number of carbonyl (C=O) groups is 1. The molecule has 7 nitrogen and oxygen atoms in total. The number of aromatic nitrogens is 1. The molecule has 0 radical (unpaired) electrons. The fraction of sp³-hybridized carbons (Fsp3) is 0.150. The number of ether oxygens (including phenoxy) is 1. The van der Waals surface area contributed by atoms with Crippen molar-refractivity contribution in [1.82, 2.24) is 4.98 Å². The molecule has 0 saturated heterocycles. The molecule has 1 aliphatic rings. The van der Waals surface area contributed by atoms with Crippen LogP contribution in [-0.4, -0.2) is 29.8 Å². The predicted octanol–water partition coefficient (Wildman–Crippen LogP) is 5.46. The fourth-order valence-corrected chi connectivity index (χ4v) is 3.77. The number of nitrogens with zero attached hydrogens (tertiary/aromatic N) is 5. The summed E-state index contributed by atoms with van der Waals surface area (Å²) in [5, 5.41) is 16.4. The van der Waals surface area contributed by atoms with Crippen LogP contribution in [-0.2, 0) is 4.79 Å². The quantitative estimate of drug-likeness (QED) is 0.465. The van der Waals surface area contributed by atoms with Crippen LogP contribution < -0.4 is 9.75 Å². The van der Waals surface area contributed by atoms with E-state index in [0.29, 0.717) is 16.5 Å². The zero-order valence-corrected chi connectivity index (χ0v) is 18.0. The number of methoxy groups -OCH3 is 1. The normalized spacial score (nSPS) is 16.5. The lowest BCUT2D eigenvalue weighted by atomic mass is 10.2. The molecule has 9 heteroatoms. The van der Waals surface area contributed by atoms with Gasteiger partial charge in [-0.05, 0) is 43.3 Å². The zero-order chi connectivity index (χ0) is 20.4. The lowest BCUT2D eigenvalue weighted by Crippen LogP contribution is -2.29. The zero-order valence-electron chi connectivity index (χ0n) is 15.6. The number of hydrogen-bond acceptors (Lipinski definition) is 7. The van der Waals surface area contributed by atoms with E-state index >= 15 is 0 Å². The van der Waals surface area contributed by atoms with Gasteiger partial charge >= 0.3 is 0 Å². The molecular formula is C20H16BrN5O2S. The molecule has 0 bridgehead atoms. The number of benzene rings is 2. The number of halogens is 1. The van der Waals surface area contributed by atoms with Crippen molar-refractivity contribution in [2.45, 2.75) is 13.0 Å². The molecule has 2 aromatic carbocycles. The largest absolute Gasteiger partial charge is 0.497 e. The van der Waals surface area contributed by atoms with Gasteiger partial charge in [0.1, 0.15) is 5.75 Å². The molecular weight excluding hydrogens is 454 g/mol. The van der Waals surface area contributed by atoms with Gasteiger partial charge in [-0.3, -0.25) is 4.79 Å². The topological polar surface area (TPSA) is 79.5 Å². The SMILES string of the molecule is COc1ccc(N=NC2C(=O)N(c3nc(-c4ccc(Br)cc4)cs3)N=C2C)cc1. The van der Waals surface area contributed by atoms with Crippen molar-refractivity contribution in [3.8, 4) is 17.0 Å². The van der Waals surface area contributed by atoms with Gasteiger partial charge in [0.05, 0.1) is 24.2 Å². The first-order chi connectivity index (χ1) is 14.0. The van der Waals surface area contributed by atoms with E-state index < -0.39 is 6.04 Å². The van der Waals surface area contributed by atoms with Crippen LogP contribution in [0, 0.1) is 0 Å². The minimum atomic E-state index is -0.753. The molecule has 1 aromatic heterocycles. The number of carbonyl (C=O) groups excluding carboxylic acids is 1. The van der Waals surface area contributed by atoms with Crippen molar-refractivity contribution in [2.75, 3.05) is 12.1 Å². The maximum atomic E-state index is 12.8. The van der Waals surface area contributed by atoms with Gasteiger partial charge in [0.15, 0.2) is 6.04 Å². The van der Waals surface area contributed by atoms with Crippen molar-refractivity contribution in [1.29, 1.82) is 0 Å². The Kier molecular flexibility index (Phi) is 5.50. The molecule has 2 heterocycles. The Morgan fingerprint density at radius 2 is 1.86 bits per heavy atom. The van der Waals surface area contributed by atoms with E-state index in [1.165, 1.54) is 16.3 Å². The summed E-state index contributed by atoms with van der Waals surface area (Å²) in [5.41, 5.74) is 2.98. The maximum absolute atomic E-state index is 12.8. The van der Waals surface area contributed by atoms with Crippen LogP contribution in [0.5, 0.6) is 5.75 Å². The minimum Gasteiger partial charge on any atom is -0.497 e. The summed E-state index contributed by atoms with van der Waals surface area (Å²) in [6, 6.07) is 14.2. The third-order valence-corrected chi connectivity index (χ3v) is 5.62. The van der Waals surface area contributed by atoms with E-state index in [1.54, 1.807) is 38.3 Å². The van der Waals surface area contributed by atoms with E-state index in [4.69, 9.17) is 4.74 Å². The number of hydrogen-bond donors (Lipinski definition) is 0. The molecule has 1 aliphatic heterocycles. The summed E-state index contributed by atoms with van der Waals surface area (Å²) in [5.74, 6) is 0.464. The number of anilines is 1. The van der Waals surface area contributed by atoms with Crippen LogP contribution in [0.2, 0.25) is 0 Å². The molecule has 0 saturated carbocycles. The highest BCUT2D eigenvalue weighted by Gasteiger charge is 2.36. The molecule has 0 fully saturated rings. The summed E-state index contributed by atoms with van der Waals surface area (Å²) >= 11 is 4.78. The summed E-state index contributed by atoms with van der Waals surface area (Å²) in [7, 11) is 1.60. The molecule has 1 amide bonds. The highest BCUT2D eigenvalue weighted by molar-refractivity contribution is 9.10. The van der Waals surface area contributed by atoms with Crippen molar-refractivity contribution in [2.24, 2.45) is 15.3 Å². The number of azo groups is 1. The van der Waals surface area contributed by atoms with Gasteiger partial charge in [-0.1, -0.05) is 28.1 Å². The third-order valence-electron chi connectivity index (χ3n) is 4.27. The first kappa shape index (κ1) is 19.4. The molecule has 0 aliphatic carbocycles. The van der Waals surface area contributed by atoms with E-state index in [1.807, 2.05) is 29.6 Å². The molecule has 1 unspecified atom stereocenters. The summed E-state index contributed by atoms with van der Waals surface area (Å²) in [6.07, 6.45) is 0. The number of rotatable bonds is 5. The van der Waals surface area contributed by atoms with Gasteiger partial charge in [-0.2, -0.15) is 20.3 Å². The second-order valence-electron chi connectivity index (χ2n) is 6.23. The van der Waals surface area contributed by atoms with Gasteiger partial charge in [-0.25, -0.2) is 4.98 Å². The van der Waals surface area contributed by atoms with Gasteiger partial charge in [0.25, 0.3) is 5.91 Å². The molecule has 0 spiro atoms. The van der Waals surface area contributed by atoms with E-state index in [9.17, 15) is 4.79 Å². The van der Waals surface area contributed by atoms with E-state index in [2.05, 4.69) is 36.2 Å². The van der Waals surface area contributed by atoms with E-state index in [0.717, 1.165) is 21.5 Å². The van der Waals surface area contributed by atoms with Crippen molar-refractivity contribution < 1.29 is 9.53 Å². The van der Waals surface area contributed by atoms with Crippen LogP contribution in [0.1, 0.15) is 6.92 Å². The second kappa shape index (κ2) is 8.22. The van der Waals surface area contributed by atoms with Gasteiger partial charge in [-0.15, -0.1) is 11.3 Å². The fourth-order valence-electron chi connectivity index (χ4n) is 2.71. The summed E-state index contributed by atoms with van der Waals surface area (Å²) < 4.78 is 6.12. The lowest BCUT2D eigenvalue weighted by Gasteiger charge is -2.08. The number of amides is 1. The van der Waals surface area contributed by atoms with Crippen LogP contribution in [0.25, 0.3) is 11.3 Å². The monoisotopic (exact) mass is 469 g/mol. The van der Waals surface area contributed by atoms with Crippen molar-refractivity contribution >= 4 is 49.7 Å². The van der Waals surface area contributed by atoms with Crippen LogP contribution in [0.4, 0.5) is 10.8 Å². The second-order valence-corrected chi connectivity index (χ2v) is 7.98. The Labute approximate surface area is 179 Å². The Morgan fingerprint density at radius 1 is 1.14 bits per heavy atom. The highest BCUT2D eigenvalue weighted by atomic mass is 79.9. The Hall–Kier alpha value is -2.91. The maximum Gasteiger partial charge on any atom is 0.282 e. The molecule has 4 rings (SSSR count). The Balaban J connectivity index is 1.51. The van der Waals surface area contributed by atoms with Crippen LogP contribution in [0.3, 0.4) is 0 Å². The van der Waals surface area contributed by atoms with Gasteiger partial charge < -0.3 is 4.74 Å². The summed E-state index contributed by atoms with van der Waals surface area (Å²) in [6.45, 7) is 1.76. The Bertz CT molecular complexity index is 1090. The minimum absolute atomic E-state index is 0.267. The van der Waals surface area contributed by atoms with Crippen LogP contribution >= 0.6 is 27.3 Å². The third kappa shape index (κ3) is 4.10. The Morgan fingerprint density at radius 3 is 2.55 bits per heavy atom. The lowest BCUT2D eigenvalue weighted by molar-refractivity contribution is -0.117. The predicted molar refractivity (Wildman–Crippen MR) is 117 cm³/mol. The number of hydrazone groups is 1. The molecule has 0 N–H and O–H groups in total. The molecule has 29 heavy (non-hydrogen) atoms. The van der Waals surface area contributed by atoms with E-state index in [-0.39, 0.29) is 5.91 Å². The average Bonchev–Trinajstić information content (AvgIpc) is 3.32. The molecule has 146 valence electrons. The van der Waals surface area contributed by atoms with Gasteiger partial charge in [0, 0.05) is 15.4 Å². The molecule has 3 aromatic rings. The highest BCUT2D eigenvalue weighted by Crippen LogP contribution is 2.31.